The highest BCUT2D eigenvalue weighted by Crippen LogP contribution is 2.34. The maximum absolute atomic E-state index is 13.0. The molecule has 1 unspecified atom stereocenters. The van der Waals surface area contributed by atoms with Crippen LogP contribution in [-0.2, 0) is 0 Å². The molecule has 5 nitrogen and oxygen atoms in total. The lowest BCUT2D eigenvalue weighted by atomic mass is 9.99. The van der Waals surface area contributed by atoms with Gasteiger partial charge in [0.2, 0.25) is 0 Å². The molecule has 1 aliphatic rings. The van der Waals surface area contributed by atoms with Crippen LogP contribution in [0.5, 0.6) is 0 Å². The predicted molar refractivity (Wildman–Crippen MR) is 108 cm³/mol. The summed E-state index contributed by atoms with van der Waals surface area (Å²) < 4.78 is 0. The number of amides is 3. The third-order valence-corrected chi connectivity index (χ3v) is 5.14. The lowest BCUT2D eigenvalue weighted by molar-refractivity contribution is 0.0956. The third-order valence-electron chi connectivity index (χ3n) is 5.14. The first-order valence-electron chi connectivity index (χ1n) is 9.53. The van der Waals surface area contributed by atoms with Gasteiger partial charge in [0.05, 0.1) is 6.04 Å². The zero-order valence-electron chi connectivity index (χ0n) is 16.2. The van der Waals surface area contributed by atoms with Crippen molar-refractivity contribution in [1.82, 2.24) is 10.2 Å². The number of urea groups is 1. The average Bonchev–Trinajstić information content (AvgIpc) is 3.13. The SMILES string of the molecule is CCNC(=O)c1ccc(C)c(NC(=O)N2CCCC2c2ccccc2C)c1. The van der Waals surface area contributed by atoms with E-state index in [1.165, 1.54) is 11.1 Å². The van der Waals surface area contributed by atoms with Gasteiger partial charge in [0.25, 0.3) is 5.91 Å². The summed E-state index contributed by atoms with van der Waals surface area (Å²) in [7, 11) is 0. The summed E-state index contributed by atoms with van der Waals surface area (Å²) >= 11 is 0. The van der Waals surface area contributed by atoms with Crippen LogP contribution < -0.4 is 10.6 Å². The largest absolute Gasteiger partial charge is 0.352 e. The minimum absolute atomic E-state index is 0.0954. The number of likely N-dealkylation sites (tertiary alicyclic amines) is 1. The monoisotopic (exact) mass is 365 g/mol. The average molecular weight is 365 g/mol. The highest BCUT2D eigenvalue weighted by molar-refractivity contribution is 5.97. The molecule has 0 bridgehead atoms. The Morgan fingerprint density at radius 3 is 2.63 bits per heavy atom. The van der Waals surface area contributed by atoms with Gasteiger partial charge in [0.1, 0.15) is 0 Å². The Labute approximate surface area is 160 Å². The Bertz CT molecular complexity index is 847. The normalized spacial score (nSPS) is 16.3. The fourth-order valence-electron chi connectivity index (χ4n) is 3.64. The first-order chi connectivity index (χ1) is 13.0. The van der Waals surface area contributed by atoms with Gasteiger partial charge in [-0.1, -0.05) is 30.3 Å². The standard InChI is InChI=1S/C22H27N3O2/c1-4-23-21(26)17-12-11-16(3)19(14-17)24-22(27)25-13-7-10-20(25)18-9-6-5-8-15(18)2/h5-6,8-9,11-12,14,20H,4,7,10,13H2,1-3H3,(H,23,26)(H,24,27). The molecule has 0 aromatic heterocycles. The minimum atomic E-state index is -0.132. The Kier molecular flexibility index (Phi) is 5.79. The zero-order chi connectivity index (χ0) is 19.4. The molecule has 0 saturated carbocycles. The molecule has 1 fully saturated rings. The van der Waals surface area contributed by atoms with Crippen LogP contribution >= 0.6 is 0 Å². The lowest BCUT2D eigenvalue weighted by Gasteiger charge is -2.27. The van der Waals surface area contributed by atoms with Gasteiger partial charge in [-0.05, 0) is 62.4 Å². The van der Waals surface area contributed by atoms with Crippen molar-refractivity contribution >= 4 is 17.6 Å². The Hall–Kier alpha value is -2.82. The quantitative estimate of drug-likeness (QED) is 0.842. The molecule has 1 atom stereocenters. The molecular formula is C22H27N3O2. The fraction of sp³-hybridized carbons (Fsp3) is 0.364. The first kappa shape index (κ1) is 19.0. The number of hydrogen-bond donors (Lipinski definition) is 2. The van der Waals surface area contributed by atoms with Gasteiger partial charge < -0.3 is 15.5 Å². The van der Waals surface area contributed by atoms with Crippen LogP contribution in [0.4, 0.5) is 10.5 Å². The number of anilines is 1. The summed E-state index contributed by atoms with van der Waals surface area (Å²) in [4.78, 5) is 27.0. The van der Waals surface area contributed by atoms with Crippen molar-refractivity contribution in [2.75, 3.05) is 18.4 Å². The van der Waals surface area contributed by atoms with E-state index in [1.54, 1.807) is 12.1 Å². The third kappa shape index (κ3) is 4.13. The van der Waals surface area contributed by atoms with Crippen molar-refractivity contribution in [3.63, 3.8) is 0 Å². The number of rotatable bonds is 4. The van der Waals surface area contributed by atoms with Gasteiger partial charge in [-0.3, -0.25) is 4.79 Å². The van der Waals surface area contributed by atoms with Crippen LogP contribution in [0.2, 0.25) is 0 Å². The van der Waals surface area contributed by atoms with Crippen LogP contribution in [0.1, 0.15) is 52.9 Å². The van der Waals surface area contributed by atoms with E-state index in [9.17, 15) is 9.59 Å². The van der Waals surface area contributed by atoms with E-state index in [2.05, 4.69) is 29.7 Å². The molecule has 0 aliphatic carbocycles. The van der Waals surface area contributed by atoms with Gasteiger partial charge >= 0.3 is 6.03 Å². The number of nitrogens with zero attached hydrogens (tertiary/aromatic N) is 1. The molecular weight excluding hydrogens is 338 g/mol. The number of benzene rings is 2. The van der Waals surface area contributed by atoms with Crippen LogP contribution in [0, 0.1) is 13.8 Å². The molecule has 142 valence electrons. The maximum Gasteiger partial charge on any atom is 0.322 e. The number of carbonyl (C=O) groups excluding carboxylic acids is 2. The van der Waals surface area contributed by atoms with E-state index < -0.39 is 0 Å². The maximum atomic E-state index is 13.0. The lowest BCUT2D eigenvalue weighted by Crippen LogP contribution is -2.35. The number of nitrogens with one attached hydrogen (secondary N) is 2. The first-order valence-corrected chi connectivity index (χ1v) is 9.53. The summed E-state index contributed by atoms with van der Waals surface area (Å²) in [5, 5.41) is 5.81. The summed E-state index contributed by atoms with van der Waals surface area (Å²) in [5.74, 6) is -0.132. The molecule has 2 aromatic carbocycles. The van der Waals surface area contributed by atoms with Crippen LogP contribution in [0.3, 0.4) is 0 Å². The summed E-state index contributed by atoms with van der Waals surface area (Å²) in [6.45, 7) is 7.21. The zero-order valence-corrected chi connectivity index (χ0v) is 16.2. The molecule has 3 rings (SSSR count). The smallest absolute Gasteiger partial charge is 0.322 e. The van der Waals surface area contributed by atoms with Crippen LogP contribution in [-0.4, -0.2) is 29.9 Å². The molecule has 0 radical (unpaired) electrons. The molecule has 2 N–H and O–H groups in total. The van der Waals surface area contributed by atoms with Crippen molar-refractivity contribution in [3.8, 4) is 0 Å². The van der Waals surface area contributed by atoms with E-state index >= 15 is 0 Å². The van der Waals surface area contributed by atoms with Gasteiger partial charge in [0.15, 0.2) is 0 Å². The van der Waals surface area contributed by atoms with Gasteiger partial charge in [-0.2, -0.15) is 0 Å². The Balaban J connectivity index is 1.79. The molecule has 0 spiro atoms. The molecule has 2 aromatic rings. The molecule has 27 heavy (non-hydrogen) atoms. The van der Waals surface area contributed by atoms with Crippen molar-refractivity contribution in [2.45, 2.75) is 39.7 Å². The second-order valence-electron chi connectivity index (χ2n) is 7.03. The Morgan fingerprint density at radius 1 is 1.11 bits per heavy atom. The van der Waals surface area contributed by atoms with E-state index in [-0.39, 0.29) is 18.0 Å². The number of carbonyl (C=O) groups is 2. The molecule has 1 aliphatic heterocycles. The van der Waals surface area contributed by atoms with E-state index in [0.717, 1.165) is 24.9 Å². The summed E-state index contributed by atoms with van der Waals surface area (Å²) in [6, 6.07) is 13.6. The number of hydrogen-bond acceptors (Lipinski definition) is 2. The number of aryl methyl sites for hydroxylation is 2. The topological polar surface area (TPSA) is 61.4 Å². The van der Waals surface area contributed by atoms with Crippen molar-refractivity contribution in [3.05, 3.63) is 64.7 Å². The molecule has 5 heteroatoms. The van der Waals surface area contributed by atoms with Gasteiger partial charge in [0, 0.05) is 24.3 Å². The highest BCUT2D eigenvalue weighted by Gasteiger charge is 2.31. The van der Waals surface area contributed by atoms with Crippen LogP contribution in [0.15, 0.2) is 42.5 Å². The van der Waals surface area contributed by atoms with E-state index in [4.69, 9.17) is 0 Å². The van der Waals surface area contributed by atoms with Crippen molar-refractivity contribution < 1.29 is 9.59 Å². The van der Waals surface area contributed by atoms with Crippen molar-refractivity contribution in [2.24, 2.45) is 0 Å². The molecule has 3 amide bonds. The molecule has 1 saturated heterocycles. The molecule has 1 heterocycles. The van der Waals surface area contributed by atoms with Gasteiger partial charge in [-0.25, -0.2) is 4.79 Å². The minimum Gasteiger partial charge on any atom is -0.352 e. The predicted octanol–water partition coefficient (Wildman–Crippen LogP) is 4.42. The van der Waals surface area contributed by atoms with Crippen LogP contribution in [0.25, 0.3) is 0 Å². The highest BCUT2D eigenvalue weighted by atomic mass is 16.2. The van der Waals surface area contributed by atoms with E-state index in [0.29, 0.717) is 17.8 Å². The van der Waals surface area contributed by atoms with Gasteiger partial charge in [-0.15, -0.1) is 0 Å². The Morgan fingerprint density at radius 2 is 1.89 bits per heavy atom. The summed E-state index contributed by atoms with van der Waals surface area (Å²) in [5.41, 5.74) is 4.58. The fourth-order valence-corrected chi connectivity index (χ4v) is 3.64. The van der Waals surface area contributed by atoms with E-state index in [1.807, 2.05) is 36.9 Å². The second kappa shape index (κ2) is 8.25. The van der Waals surface area contributed by atoms with Crippen molar-refractivity contribution in [1.29, 1.82) is 0 Å². The summed E-state index contributed by atoms with van der Waals surface area (Å²) in [6.07, 6.45) is 1.96. The second-order valence-corrected chi connectivity index (χ2v) is 7.03.